The first kappa shape index (κ1) is 9.68. The zero-order valence-corrected chi connectivity index (χ0v) is 8.57. The normalized spacial score (nSPS) is 18.6. The van der Waals surface area contributed by atoms with E-state index in [0.29, 0.717) is 6.04 Å². The molecule has 0 spiro atoms. The van der Waals surface area contributed by atoms with Crippen molar-refractivity contribution in [1.82, 2.24) is 15.1 Å². The van der Waals surface area contributed by atoms with Gasteiger partial charge in [0.15, 0.2) is 0 Å². The molecule has 1 saturated heterocycles. The lowest BCUT2D eigenvalue weighted by atomic mass is 10.1. The van der Waals surface area contributed by atoms with E-state index in [4.69, 9.17) is 4.74 Å². The first-order chi connectivity index (χ1) is 6.92. The quantitative estimate of drug-likeness (QED) is 0.780. The summed E-state index contributed by atoms with van der Waals surface area (Å²) in [6.45, 7) is 2.62. The van der Waals surface area contributed by atoms with Crippen LogP contribution in [-0.4, -0.2) is 30.0 Å². The Labute approximate surface area is 84.3 Å². The maximum absolute atomic E-state index is 5.34. The molecular formula is C10H17N3O. The Balaban J connectivity index is 2.09. The number of ether oxygens (including phenoxy) is 1. The maximum Gasteiger partial charge on any atom is 0.0566 e. The molecule has 4 heteroatoms. The van der Waals surface area contributed by atoms with Gasteiger partial charge in [0.2, 0.25) is 0 Å². The highest BCUT2D eigenvalue weighted by atomic mass is 16.5. The van der Waals surface area contributed by atoms with E-state index in [2.05, 4.69) is 21.2 Å². The number of rotatable bonds is 3. The van der Waals surface area contributed by atoms with E-state index in [-0.39, 0.29) is 0 Å². The molecule has 1 aromatic rings. The zero-order chi connectivity index (χ0) is 9.80. The monoisotopic (exact) mass is 195 g/mol. The van der Waals surface area contributed by atoms with Crippen molar-refractivity contribution in [3.63, 3.8) is 0 Å². The lowest BCUT2D eigenvalue weighted by Gasteiger charge is -2.24. The zero-order valence-electron chi connectivity index (χ0n) is 8.57. The van der Waals surface area contributed by atoms with Crippen molar-refractivity contribution in [2.45, 2.75) is 25.4 Å². The van der Waals surface area contributed by atoms with Crippen LogP contribution in [0.4, 0.5) is 0 Å². The molecule has 1 N–H and O–H groups in total. The van der Waals surface area contributed by atoms with Crippen LogP contribution in [0.2, 0.25) is 0 Å². The van der Waals surface area contributed by atoms with E-state index in [1.54, 1.807) is 0 Å². The lowest BCUT2D eigenvalue weighted by Crippen LogP contribution is -2.23. The SMILES string of the molecule is CNCc1ccnn1C1CCOCC1. The van der Waals surface area contributed by atoms with Crippen LogP contribution in [0.5, 0.6) is 0 Å². The van der Waals surface area contributed by atoms with Gasteiger partial charge in [0.05, 0.1) is 11.7 Å². The largest absolute Gasteiger partial charge is 0.381 e. The first-order valence-electron chi connectivity index (χ1n) is 5.16. The number of nitrogens with one attached hydrogen (secondary N) is 1. The van der Waals surface area contributed by atoms with Crippen molar-refractivity contribution in [1.29, 1.82) is 0 Å². The third kappa shape index (κ3) is 1.96. The van der Waals surface area contributed by atoms with Gasteiger partial charge in [0.1, 0.15) is 0 Å². The fraction of sp³-hybridized carbons (Fsp3) is 0.700. The van der Waals surface area contributed by atoms with E-state index in [1.165, 1.54) is 5.69 Å². The Morgan fingerprint density at radius 3 is 3.07 bits per heavy atom. The fourth-order valence-electron chi connectivity index (χ4n) is 1.92. The second kappa shape index (κ2) is 4.57. The average molecular weight is 195 g/mol. The Hall–Kier alpha value is -0.870. The Morgan fingerprint density at radius 1 is 1.57 bits per heavy atom. The second-order valence-electron chi connectivity index (χ2n) is 3.64. The van der Waals surface area contributed by atoms with Gasteiger partial charge in [-0.1, -0.05) is 0 Å². The average Bonchev–Trinajstić information content (AvgIpc) is 2.68. The van der Waals surface area contributed by atoms with Crippen molar-refractivity contribution in [2.75, 3.05) is 20.3 Å². The summed E-state index contributed by atoms with van der Waals surface area (Å²) in [5.74, 6) is 0. The summed E-state index contributed by atoms with van der Waals surface area (Å²) in [6, 6.07) is 2.61. The highest BCUT2D eigenvalue weighted by Crippen LogP contribution is 2.21. The molecule has 1 aliphatic rings. The molecule has 0 bridgehead atoms. The number of aromatic nitrogens is 2. The summed E-state index contributed by atoms with van der Waals surface area (Å²) in [4.78, 5) is 0. The molecule has 0 amide bonds. The molecule has 0 radical (unpaired) electrons. The van der Waals surface area contributed by atoms with Crippen LogP contribution in [0.25, 0.3) is 0 Å². The van der Waals surface area contributed by atoms with Crippen molar-refractivity contribution < 1.29 is 4.74 Å². The molecule has 0 aliphatic carbocycles. The van der Waals surface area contributed by atoms with Gasteiger partial charge in [0.25, 0.3) is 0 Å². The van der Waals surface area contributed by atoms with Crippen LogP contribution in [0.3, 0.4) is 0 Å². The Kier molecular flexibility index (Phi) is 3.16. The third-order valence-electron chi connectivity index (χ3n) is 2.65. The Morgan fingerprint density at radius 2 is 2.36 bits per heavy atom. The van der Waals surface area contributed by atoms with Crippen LogP contribution < -0.4 is 5.32 Å². The molecule has 4 nitrogen and oxygen atoms in total. The van der Waals surface area contributed by atoms with Crippen LogP contribution in [0.1, 0.15) is 24.6 Å². The van der Waals surface area contributed by atoms with Crippen LogP contribution in [-0.2, 0) is 11.3 Å². The predicted molar refractivity (Wildman–Crippen MR) is 54.1 cm³/mol. The molecule has 1 fully saturated rings. The summed E-state index contributed by atoms with van der Waals surface area (Å²) in [7, 11) is 1.96. The smallest absolute Gasteiger partial charge is 0.0566 e. The molecule has 0 aromatic carbocycles. The maximum atomic E-state index is 5.34. The Bertz CT molecular complexity index is 279. The fourth-order valence-corrected chi connectivity index (χ4v) is 1.92. The van der Waals surface area contributed by atoms with Crippen molar-refractivity contribution >= 4 is 0 Å². The van der Waals surface area contributed by atoms with Crippen molar-refractivity contribution in [3.8, 4) is 0 Å². The molecule has 2 rings (SSSR count). The molecule has 2 heterocycles. The van der Waals surface area contributed by atoms with E-state index in [1.807, 2.05) is 13.2 Å². The predicted octanol–water partition coefficient (Wildman–Crippen LogP) is 0.954. The first-order valence-corrected chi connectivity index (χ1v) is 5.16. The van der Waals surface area contributed by atoms with Gasteiger partial charge in [-0.2, -0.15) is 5.10 Å². The summed E-state index contributed by atoms with van der Waals surface area (Å²) >= 11 is 0. The summed E-state index contributed by atoms with van der Waals surface area (Å²) in [5.41, 5.74) is 1.26. The molecule has 1 aromatic heterocycles. The molecule has 14 heavy (non-hydrogen) atoms. The van der Waals surface area contributed by atoms with E-state index >= 15 is 0 Å². The van der Waals surface area contributed by atoms with Gasteiger partial charge in [-0.25, -0.2) is 0 Å². The highest BCUT2D eigenvalue weighted by Gasteiger charge is 2.17. The summed E-state index contributed by atoms with van der Waals surface area (Å²) in [5, 5.41) is 7.54. The number of hydrogen-bond acceptors (Lipinski definition) is 3. The molecule has 0 atom stereocenters. The topological polar surface area (TPSA) is 39.1 Å². The molecule has 78 valence electrons. The summed E-state index contributed by atoms with van der Waals surface area (Å²) < 4.78 is 7.48. The number of nitrogens with zero attached hydrogens (tertiary/aromatic N) is 2. The molecule has 0 unspecified atom stereocenters. The van der Waals surface area contributed by atoms with Crippen molar-refractivity contribution in [2.24, 2.45) is 0 Å². The van der Waals surface area contributed by atoms with Gasteiger partial charge < -0.3 is 10.1 Å². The minimum atomic E-state index is 0.530. The molecular weight excluding hydrogens is 178 g/mol. The van der Waals surface area contributed by atoms with E-state index in [9.17, 15) is 0 Å². The lowest BCUT2D eigenvalue weighted by molar-refractivity contribution is 0.0653. The van der Waals surface area contributed by atoms with Gasteiger partial charge in [0, 0.05) is 26.0 Å². The van der Waals surface area contributed by atoms with Gasteiger partial charge >= 0.3 is 0 Å². The van der Waals surface area contributed by atoms with Gasteiger partial charge in [-0.3, -0.25) is 4.68 Å². The van der Waals surface area contributed by atoms with Gasteiger partial charge in [-0.15, -0.1) is 0 Å². The summed E-state index contributed by atoms with van der Waals surface area (Å²) in [6.07, 6.45) is 4.04. The van der Waals surface area contributed by atoms with Gasteiger partial charge in [-0.05, 0) is 26.0 Å². The van der Waals surface area contributed by atoms with Crippen molar-refractivity contribution in [3.05, 3.63) is 18.0 Å². The van der Waals surface area contributed by atoms with E-state index < -0.39 is 0 Å². The molecule has 0 saturated carbocycles. The number of hydrogen-bond donors (Lipinski definition) is 1. The highest BCUT2D eigenvalue weighted by molar-refractivity contribution is 5.01. The molecule has 1 aliphatic heterocycles. The van der Waals surface area contributed by atoms with Crippen LogP contribution >= 0.6 is 0 Å². The third-order valence-corrected chi connectivity index (χ3v) is 2.65. The standard InChI is InChI=1S/C10H17N3O/c1-11-8-10-2-5-12-13(10)9-3-6-14-7-4-9/h2,5,9,11H,3-4,6-8H2,1H3. The minimum absolute atomic E-state index is 0.530. The van der Waals surface area contributed by atoms with Crippen LogP contribution in [0, 0.1) is 0 Å². The van der Waals surface area contributed by atoms with Crippen LogP contribution in [0.15, 0.2) is 12.3 Å². The van der Waals surface area contributed by atoms with E-state index in [0.717, 1.165) is 32.6 Å². The second-order valence-corrected chi connectivity index (χ2v) is 3.64. The minimum Gasteiger partial charge on any atom is -0.381 e.